The van der Waals surface area contributed by atoms with Crippen LogP contribution in [0.1, 0.15) is 27.2 Å². The molecule has 2 atom stereocenters. The minimum atomic E-state index is -0.488. The van der Waals surface area contributed by atoms with E-state index in [0.717, 1.165) is 18.5 Å². The van der Waals surface area contributed by atoms with E-state index in [0.29, 0.717) is 5.25 Å². The van der Waals surface area contributed by atoms with Crippen LogP contribution >= 0.6 is 11.8 Å². The van der Waals surface area contributed by atoms with Crippen LogP contribution in [0.3, 0.4) is 0 Å². The van der Waals surface area contributed by atoms with E-state index in [-0.39, 0.29) is 6.10 Å². The number of hydrogen-bond acceptors (Lipinski definition) is 3. The summed E-state index contributed by atoms with van der Waals surface area (Å²) in [6, 6.07) is 0. The van der Waals surface area contributed by atoms with Crippen molar-refractivity contribution in [3.63, 3.8) is 0 Å². The molecule has 0 radical (unpaired) electrons. The number of hydrogen-bond donors (Lipinski definition) is 0. The average Bonchev–Trinajstić information content (AvgIpc) is 2.32. The maximum atomic E-state index is 10.9. The fraction of sp³-hybridized carbons (Fsp3) is 0.889. The molecule has 2 unspecified atom stereocenters. The van der Waals surface area contributed by atoms with Crippen molar-refractivity contribution in [2.45, 2.75) is 44.1 Å². The minimum Gasteiger partial charge on any atom is -0.364 e. The van der Waals surface area contributed by atoms with Gasteiger partial charge in [0.05, 0.1) is 6.10 Å². The second-order valence-electron chi connectivity index (χ2n) is 3.67. The molecular weight excluding hydrogens is 172 g/mol. The summed E-state index contributed by atoms with van der Waals surface area (Å²) in [4.78, 5) is 10.9. The third kappa shape index (κ3) is 2.23. The lowest BCUT2D eigenvalue weighted by atomic mass is 10.0. The van der Waals surface area contributed by atoms with Gasteiger partial charge in [0.25, 0.3) is 0 Å². The molecule has 0 aromatic heterocycles. The molecule has 0 aromatic rings. The van der Waals surface area contributed by atoms with Crippen molar-refractivity contribution in [2.24, 2.45) is 0 Å². The summed E-state index contributed by atoms with van der Waals surface area (Å²) in [5.74, 6) is 0.815. The zero-order valence-electron chi connectivity index (χ0n) is 7.87. The first-order chi connectivity index (χ1) is 5.58. The maximum Gasteiger partial charge on any atom is 0.152 e. The van der Waals surface area contributed by atoms with Crippen molar-refractivity contribution in [3.8, 4) is 0 Å². The normalized spacial score (nSPS) is 35.8. The van der Waals surface area contributed by atoms with Gasteiger partial charge in [-0.05, 0) is 20.3 Å². The summed E-state index contributed by atoms with van der Waals surface area (Å²) in [6.45, 7) is 6.08. The predicted octanol–water partition coefficient (Wildman–Crippen LogP) is 1.87. The van der Waals surface area contributed by atoms with Gasteiger partial charge in [0.15, 0.2) is 6.29 Å². The number of thioether (sulfide) groups is 1. The quantitative estimate of drug-likeness (QED) is 0.632. The van der Waals surface area contributed by atoms with E-state index < -0.39 is 5.60 Å². The largest absolute Gasteiger partial charge is 0.364 e. The molecule has 0 spiro atoms. The summed E-state index contributed by atoms with van der Waals surface area (Å²) < 4.78 is 5.63. The van der Waals surface area contributed by atoms with Crippen molar-refractivity contribution in [1.82, 2.24) is 0 Å². The Morgan fingerprint density at radius 2 is 2.33 bits per heavy atom. The first kappa shape index (κ1) is 10.1. The summed E-state index contributed by atoms with van der Waals surface area (Å²) >= 11 is 1.81. The molecule has 0 aliphatic carbocycles. The Morgan fingerprint density at radius 3 is 2.67 bits per heavy atom. The summed E-state index contributed by atoms with van der Waals surface area (Å²) in [6.07, 6.45) is 1.98. The molecule has 12 heavy (non-hydrogen) atoms. The molecule has 1 heterocycles. The second kappa shape index (κ2) is 3.79. The molecule has 0 aromatic carbocycles. The zero-order valence-corrected chi connectivity index (χ0v) is 8.69. The number of carbonyl (C=O) groups excluding carboxylic acids is 1. The van der Waals surface area contributed by atoms with Gasteiger partial charge in [-0.15, -0.1) is 0 Å². The SMILES string of the molecule is CC(C)OC1(C=O)CSC(C)C1. The summed E-state index contributed by atoms with van der Waals surface area (Å²) in [5.41, 5.74) is -0.488. The molecule has 0 saturated carbocycles. The van der Waals surface area contributed by atoms with Crippen molar-refractivity contribution in [1.29, 1.82) is 0 Å². The third-order valence-electron chi connectivity index (χ3n) is 1.93. The lowest BCUT2D eigenvalue weighted by Crippen LogP contribution is -2.37. The number of carbonyl (C=O) groups is 1. The number of rotatable bonds is 3. The monoisotopic (exact) mass is 188 g/mol. The van der Waals surface area contributed by atoms with Gasteiger partial charge in [-0.1, -0.05) is 6.92 Å². The Balaban J connectivity index is 2.58. The first-order valence-electron chi connectivity index (χ1n) is 4.34. The van der Waals surface area contributed by atoms with Gasteiger partial charge in [0.2, 0.25) is 0 Å². The minimum absolute atomic E-state index is 0.140. The summed E-state index contributed by atoms with van der Waals surface area (Å²) in [7, 11) is 0. The van der Waals surface area contributed by atoms with Gasteiger partial charge in [-0.25, -0.2) is 0 Å². The highest BCUT2D eigenvalue weighted by Crippen LogP contribution is 2.36. The topological polar surface area (TPSA) is 26.3 Å². The van der Waals surface area contributed by atoms with Gasteiger partial charge in [0.1, 0.15) is 5.60 Å². The van der Waals surface area contributed by atoms with Crippen LogP contribution in [0.2, 0.25) is 0 Å². The molecule has 1 fully saturated rings. The fourth-order valence-electron chi connectivity index (χ4n) is 1.55. The molecule has 2 nitrogen and oxygen atoms in total. The Kier molecular flexibility index (Phi) is 3.18. The Bertz CT molecular complexity index is 170. The lowest BCUT2D eigenvalue weighted by molar-refractivity contribution is -0.133. The maximum absolute atomic E-state index is 10.9. The highest BCUT2D eigenvalue weighted by atomic mass is 32.2. The zero-order chi connectivity index (χ0) is 9.19. The van der Waals surface area contributed by atoms with Gasteiger partial charge >= 0.3 is 0 Å². The van der Waals surface area contributed by atoms with E-state index in [1.165, 1.54) is 0 Å². The van der Waals surface area contributed by atoms with E-state index in [2.05, 4.69) is 6.92 Å². The smallest absolute Gasteiger partial charge is 0.152 e. The van der Waals surface area contributed by atoms with Crippen molar-refractivity contribution >= 4 is 18.0 Å². The Labute approximate surface area is 78.1 Å². The molecule has 0 amide bonds. The Hall–Kier alpha value is -0.0200. The van der Waals surface area contributed by atoms with Crippen LogP contribution in [0.15, 0.2) is 0 Å². The molecule has 1 saturated heterocycles. The highest BCUT2D eigenvalue weighted by molar-refractivity contribution is 8.00. The van der Waals surface area contributed by atoms with Crippen LogP contribution in [-0.2, 0) is 9.53 Å². The molecule has 70 valence electrons. The van der Waals surface area contributed by atoms with E-state index in [1.54, 1.807) is 0 Å². The molecule has 1 rings (SSSR count). The average molecular weight is 188 g/mol. The van der Waals surface area contributed by atoms with Crippen LogP contribution in [0, 0.1) is 0 Å². The van der Waals surface area contributed by atoms with Gasteiger partial charge in [-0.3, -0.25) is 0 Å². The number of ether oxygens (including phenoxy) is 1. The standard InChI is InChI=1S/C9H16O2S/c1-7(2)11-9(5-10)4-8(3)12-6-9/h5,7-8H,4,6H2,1-3H3. The van der Waals surface area contributed by atoms with Crippen LogP contribution in [0.5, 0.6) is 0 Å². The Morgan fingerprint density at radius 1 is 1.67 bits per heavy atom. The molecule has 0 bridgehead atoms. The van der Waals surface area contributed by atoms with Gasteiger partial charge in [-0.2, -0.15) is 11.8 Å². The van der Waals surface area contributed by atoms with E-state index in [1.807, 2.05) is 25.6 Å². The van der Waals surface area contributed by atoms with Crippen LogP contribution in [0.25, 0.3) is 0 Å². The highest BCUT2D eigenvalue weighted by Gasteiger charge is 2.39. The lowest BCUT2D eigenvalue weighted by Gasteiger charge is -2.24. The molecule has 1 aliphatic heterocycles. The molecule has 1 aliphatic rings. The molecule has 0 N–H and O–H groups in total. The second-order valence-corrected chi connectivity index (χ2v) is 5.10. The fourth-order valence-corrected chi connectivity index (χ4v) is 2.77. The van der Waals surface area contributed by atoms with Crippen molar-refractivity contribution in [3.05, 3.63) is 0 Å². The van der Waals surface area contributed by atoms with Crippen LogP contribution in [-0.4, -0.2) is 29.0 Å². The van der Waals surface area contributed by atoms with E-state index in [9.17, 15) is 4.79 Å². The van der Waals surface area contributed by atoms with Gasteiger partial charge in [0, 0.05) is 11.0 Å². The van der Waals surface area contributed by atoms with E-state index >= 15 is 0 Å². The van der Waals surface area contributed by atoms with Crippen LogP contribution in [0.4, 0.5) is 0 Å². The molecular formula is C9H16O2S. The first-order valence-corrected chi connectivity index (χ1v) is 5.38. The van der Waals surface area contributed by atoms with E-state index in [4.69, 9.17) is 4.74 Å². The van der Waals surface area contributed by atoms with Crippen molar-refractivity contribution in [2.75, 3.05) is 5.75 Å². The van der Waals surface area contributed by atoms with Crippen molar-refractivity contribution < 1.29 is 9.53 Å². The van der Waals surface area contributed by atoms with Gasteiger partial charge < -0.3 is 9.53 Å². The molecule has 3 heteroatoms. The predicted molar refractivity (Wildman–Crippen MR) is 51.6 cm³/mol. The van der Waals surface area contributed by atoms with Crippen LogP contribution < -0.4 is 0 Å². The summed E-state index contributed by atoms with van der Waals surface area (Å²) in [5, 5.41) is 0.550. The number of aldehydes is 1. The third-order valence-corrected chi connectivity index (χ3v) is 3.32.